The molecule has 0 fully saturated rings. The lowest BCUT2D eigenvalue weighted by Crippen LogP contribution is -2.19. The van der Waals surface area contributed by atoms with E-state index >= 15 is 0 Å². The van der Waals surface area contributed by atoms with Crippen LogP contribution in [-0.4, -0.2) is 16.0 Å². The van der Waals surface area contributed by atoms with Gasteiger partial charge in [-0.15, -0.1) is 11.3 Å². The van der Waals surface area contributed by atoms with Gasteiger partial charge in [0.2, 0.25) is 0 Å². The number of nitrogens with zero attached hydrogens (tertiary/aromatic N) is 2. The summed E-state index contributed by atoms with van der Waals surface area (Å²) < 4.78 is 0. The molecule has 0 atom stereocenters. The molecule has 7 heteroatoms. The van der Waals surface area contributed by atoms with Crippen molar-refractivity contribution in [2.45, 2.75) is 13.8 Å². The molecule has 0 saturated heterocycles. The van der Waals surface area contributed by atoms with Gasteiger partial charge >= 0.3 is 6.03 Å². The third-order valence-corrected chi connectivity index (χ3v) is 5.22. The van der Waals surface area contributed by atoms with Crippen molar-refractivity contribution >= 4 is 44.8 Å². The minimum atomic E-state index is -0.281. The van der Waals surface area contributed by atoms with E-state index in [1.165, 1.54) is 17.7 Å². The average molecular weight is 389 g/mol. The molecule has 2 heterocycles. The Hall–Kier alpha value is -3.45. The maximum absolute atomic E-state index is 12.3. The molecule has 2 aromatic heterocycles. The summed E-state index contributed by atoms with van der Waals surface area (Å²) in [5.41, 5.74) is 11.7. The average Bonchev–Trinajstić information content (AvgIpc) is 3.07. The summed E-state index contributed by atoms with van der Waals surface area (Å²) >= 11 is 1.53. The number of nitrogens with two attached hydrogens (primary N) is 1. The molecule has 0 radical (unpaired) electrons. The van der Waals surface area contributed by atoms with Crippen LogP contribution in [0.4, 0.5) is 22.0 Å². The highest BCUT2D eigenvalue weighted by Gasteiger charge is 2.11. The Balaban J connectivity index is 1.51. The quantitative estimate of drug-likeness (QED) is 0.449. The lowest BCUT2D eigenvalue weighted by atomic mass is 10.1. The topological polar surface area (TPSA) is 92.9 Å². The van der Waals surface area contributed by atoms with Crippen LogP contribution in [-0.2, 0) is 0 Å². The van der Waals surface area contributed by atoms with Gasteiger partial charge in [-0.05, 0) is 54.8 Å². The van der Waals surface area contributed by atoms with E-state index in [0.717, 1.165) is 38.2 Å². The molecule has 140 valence electrons. The minimum absolute atomic E-state index is 0.281. The lowest BCUT2D eigenvalue weighted by molar-refractivity contribution is 0.262. The second-order valence-corrected chi connectivity index (χ2v) is 7.48. The van der Waals surface area contributed by atoms with E-state index in [2.05, 4.69) is 26.7 Å². The summed E-state index contributed by atoms with van der Waals surface area (Å²) in [5.74, 6) is 0.469. The lowest BCUT2D eigenvalue weighted by Gasteiger charge is -2.10. The zero-order valence-electron chi connectivity index (χ0n) is 15.5. The number of anilines is 3. The van der Waals surface area contributed by atoms with Gasteiger partial charge in [0.15, 0.2) is 0 Å². The highest BCUT2D eigenvalue weighted by Crippen LogP contribution is 2.35. The minimum Gasteiger partial charge on any atom is -0.383 e. The van der Waals surface area contributed by atoms with Gasteiger partial charge < -0.3 is 16.4 Å². The highest BCUT2D eigenvalue weighted by molar-refractivity contribution is 7.17. The number of hydrogen-bond acceptors (Lipinski definition) is 5. The molecule has 2 amide bonds. The van der Waals surface area contributed by atoms with E-state index in [-0.39, 0.29) is 6.03 Å². The molecule has 28 heavy (non-hydrogen) atoms. The third kappa shape index (κ3) is 3.65. The zero-order chi connectivity index (χ0) is 19.7. The Morgan fingerprint density at radius 3 is 2.36 bits per heavy atom. The number of fused-ring (bicyclic) bond motifs is 1. The molecule has 0 saturated carbocycles. The third-order valence-electron chi connectivity index (χ3n) is 4.33. The van der Waals surface area contributed by atoms with Crippen LogP contribution < -0.4 is 16.4 Å². The predicted molar refractivity (Wildman–Crippen MR) is 116 cm³/mol. The second-order valence-electron chi connectivity index (χ2n) is 6.62. The van der Waals surface area contributed by atoms with Crippen molar-refractivity contribution in [2.75, 3.05) is 16.4 Å². The number of thiophene rings is 1. The van der Waals surface area contributed by atoms with Crippen molar-refractivity contribution in [1.29, 1.82) is 0 Å². The number of aromatic nitrogens is 2. The number of rotatable bonds is 3. The zero-order valence-corrected chi connectivity index (χ0v) is 16.3. The molecular weight excluding hydrogens is 370 g/mol. The van der Waals surface area contributed by atoms with Crippen LogP contribution in [0.5, 0.6) is 0 Å². The first kappa shape index (κ1) is 17.9. The SMILES string of the molecule is Cc1cc(C)cc(NC(=O)Nc2ccc(-c3csc4ncnc(N)c34)cc2)c1. The number of nitrogens with one attached hydrogen (secondary N) is 2. The van der Waals surface area contributed by atoms with Crippen LogP contribution in [0.15, 0.2) is 54.2 Å². The molecule has 0 aliphatic rings. The van der Waals surface area contributed by atoms with Crippen LogP contribution in [0.3, 0.4) is 0 Å². The summed E-state index contributed by atoms with van der Waals surface area (Å²) in [6.07, 6.45) is 1.47. The van der Waals surface area contributed by atoms with Crippen molar-refractivity contribution < 1.29 is 4.79 Å². The Bertz CT molecular complexity index is 1150. The molecule has 0 bridgehead atoms. The number of urea groups is 1. The van der Waals surface area contributed by atoms with Crippen LogP contribution in [0.25, 0.3) is 21.3 Å². The molecule has 4 aromatic rings. The number of benzene rings is 2. The predicted octanol–water partition coefficient (Wildman–Crippen LogP) is 5.20. The van der Waals surface area contributed by atoms with Gasteiger partial charge in [0.25, 0.3) is 0 Å². The van der Waals surface area contributed by atoms with Gasteiger partial charge in [0.05, 0.1) is 5.39 Å². The van der Waals surface area contributed by atoms with Gasteiger partial charge in [-0.2, -0.15) is 0 Å². The van der Waals surface area contributed by atoms with Gasteiger partial charge in [0.1, 0.15) is 17.0 Å². The fourth-order valence-electron chi connectivity index (χ4n) is 3.18. The Kier molecular flexibility index (Phi) is 4.67. The summed E-state index contributed by atoms with van der Waals surface area (Å²) in [6.45, 7) is 4.00. The largest absolute Gasteiger partial charge is 0.383 e. The first-order valence-electron chi connectivity index (χ1n) is 8.74. The molecule has 2 aromatic carbocycles. The van der Waals surface area contributed by atoms with E-state index < -0.39 is 0 Å². The summed E-state index contributed by atoms with van der Waals surface area (Å²) in [6, 6.07) is 13.3. The van der Waals surface area contributed by atoms with Gasteiger partial charge in [-0.25, -0.2) is 14.8 Å². The number of amides is 2. The van der Waals surface area contributed by atoms with Crippen molar-refractivity contribution in [1.82, 2.24) is 9.97 Å². The maximum Gasteiger partial charge on any atom is 0.323 e. The number of carbonyl (C=O) groups is 1. The van der Waals surface area contributed by atoms with E-state index in [9.17, 15) is 4.79 Å². The standard InChI is InChI=1S/C21H19N5OS/c1-12-7-13(2)9-16(8-12)26-21(27)25-15-5-3-14(4-6-15)17-10-28-20-18(17)19(22)23-11-24-20/h3-11H,1-2H3,(H2,22,23,24)(H2,25,26,27). The first-order valence-corrected chi connectivity index (χ1v) is 9.62. The summed E-state index contributed by atoms with van der Waals surface area (Å²) in [7, 11) is 0. The molecule has 6 nitrogen and oxygen atoms in total. The maximum atomic E-state index is 12.3. The van der Waals surface area contributed by atoms with E-state index in [0.29, 0.717) is 11.5 Å². The highest BCUT2D eigenvalue weighted by atomic mass is 32.1. The van der Waals surface area contributed by atoms with E-state index in [4.69, 9.17) is 5.73 Å². The molecule has 0 unspecified atom stereocenters. The molecule has 4 rings (SSSR count). The second kappa shape index (κ2) is 7.28. The van der Waals surface area contributed by atoms with Crippen LogP contribution in [0, 0.1) is 13.8 Å². The van der Waals surface area contributed by atoms with Crippen molar-refractivity contribution in [3.05, 3.63) is 65.3 Å². The van der Waals surface area contributed by atoms with E-state index in [1.54, 1.807) is 0 Å². The summed E-state index contributed by atoms with van der Waals surface area (Å²) in [4.78, 5) is 21.5. The Morgan fingerprint density at radius 2 is 1.64 bits per heavy atom. The Labute approximate surface area is 166 Å². The summed E-state index contributed by atoms with van der Waals surface area (Å²) in [5, 5.41) is 8.60. The normalized spacial score (nSPS) is 10.8. The van der Waals surface area contributed by atoms with Gasteiger partial charge in [-0.3, -0.25) is 0 Å². The van der Waals surface area contributed by atoms with Gasteiger partial charge in [0, 0.05) is 22.3 Å². The molecule has 4 N–H and O–H groups in total. The number of carbonyl (C=O) groups excluding carboxylic acids is 1. The molecule has 0 spiro atoms. The Morgan fingerprint density at radius 1 is 0.964 bits per heavy atom. The number of hydrogen-bond donors (Lipinski definition) is 3. The number of aryl methyl sites for hydroxylation is 2. The van der Waals surface area contributed by atoms with Crippen LogP contribution >= 0.6 is 11.3 Å². The van der Waals surface area contributed by atoms with Crippen LogP contribution in [0.2, 0.25) is 0 Å². The molecular formula is C21H19N5OS. The monoisotopic (exact) mass is 389 g/mol. The fraction of sp³-hybridized carbons (Fsp3) is 0.0952. The van der Waals surface area contributed by atoms with Crippen molar-refractivity contribution in [2.24, 2.45) is 0 Å². The smallest absolute Gasteiger partial charge is 0.323 e. The molecule has 0 aliphatic carbocycles. The molecule has 0 aliphatic heterocycles. The van der Waals surface area contributed by atoms with Crippen molar-refractivity contribution in [3.8, 4) is 11.1 Å². The van der Waals surface area contributed by atoms with Crippen LogP contribution in [0.1, 0.15) is 11.1 Å². The van der Waals surface area contributed by atoms with E-state index in [1.807, 2.05) is 55.6 Å². The number of nitrogen functional groups attached to an aromatic ring is 1. The van der Waals surface area contributed by atoms with Gasteiger partial charge in [-0.1, -0.05) is 18.2 Å². The van der Waals surface area contributed by atoms with Crippen molar-refractivity contribution in [3.63, 3.8) is 0 Å². The fourth-order valence-corrected chi connectivity index (χ4v) is 4.11. The first-order chi connectivity index (χ1) is 13.5.